The van der Waals surface area contributed by atoms with E-state index in [4.69, 9.17) is 4.74 Å². The third-order valence-electron chi connectivity index (χ3n) is 4.93. The molecule has 0 unspecified atom stereocenters. The molecule has 0 radical (unpaired) electrons. The quantitative estimate of drug-likeness (QED) is 0.543. The van der Waals surface area contributed by atoms with Gasteiger partial charge in [-0.1, -0.05) is 45.0 Å². The summed E-state index contributed by atoms with van der Waals surface area (Å²) in [6.07, 6.45) is 4.67. The summed E-state index contributed by atoms with van der Waals surface area (Å²) >= 11 is 0. The van der Waals surface area contributed by atoms with E-state index in [1.165, 1.54) is 5.56 Å². The summed E-state index contributed by atoms with van der Waals surface area (Å²) in [5, 5.41) is 7.23. The summed E-state index contributed by atoms with van der Waals surface area (Å²) in [6.45, 7) is 10.4. The van der Waals surface area contributed by atoms with E-state index in [-0.39, 0.29) is 11.3 Å². The number of amides is 1. The van der Waals surface area contributed by atoms with Gasteiger partial charge < -0.3 is 10.1 Å². The number of carbonyl (C=O) groups excluding carboxylic acids is 1. The van der Waals surface area contributed by atoms with Crippen molar-refractivity contribution in [3.8, 4) is 5.75 Å². The molecule has 1 heterocycles. The molecule has 0 fully saturated rings. The molecule has 1 N–H and O–H groups in total. The van der Waals surface area contributed by atoms with E-state index in [2.05, 4.69) is 43.3 Å². The van der Waals surface area contributed by atoms with Crippen molar-refractivity contribution in [2.45, 2.75) is 52.7 Å². The van der Waals surface area contributed by atoms with Gasteiger partial charge in [0.2, 0.25) is 0 Å². The van der Waals surface area contributed by atoms with Gasteiger partial charge in [0.05, 0.1) is 6.20 Å². The SMILES string of the molecule is Cc1cnn(CCCNC(=O)c2cccc(COc3ccc(C(C)(C)C)cc3)c2)c1. The summed E-state index contributed by atoms with van der Waals surface area (Å²) in [7, 11) is 0. The first-order valence-electron chi connectivity index (χ1n) is 10.4. The Balaban J connectivity index is 1.48. The second-order valence-electron chi connectivity index (χ2n) is 8.65. The van der Waals surface area contributed by atoms with E-state index in [1.54, 1.807) is 0 Å². The zero-order valence-electron chi connectivity index (χ0n) is 18.3. The van der Waals surface area contributed by atoms with Crippen LogP contribution in [0.1, 0.15) is 54.2 Å². The van der Waals surface area contributed by atoms with Gasteiger partial charge in [-0.25, -0.2) is 0 Å². The molecule has 0 spiro atoms. The van der Waals surface area contributed by atoms with E-state index in [0.717, 1.165) is 29.8 Å². The van der Waals surface area contributed by atoms with Crippen LogP contribution < -0.4 is 10.1 Å². The van der Waals surface area contributed by atoms with Gasteiger partial charge in [0, 0.05) is 24.8 Å². The number of carbonyl (C=O) groups is 1. The second kappa shape index (κ2) is 9.61. The molecule has 0 saturated carbocycles. The Morgan fingerprint density at radius 2 is 1.90 bits per heavy atom. The number of nitrogens with zero attached hydrogens (tertiary/aromatic N) is 2. The highest BCUT2D eigenvalue weighted by molar-refractivity contribution is 5.94. The molecular weight excluding hydrogens is 374 g/mol. The first kappa shape index (κ1) is 21.6. The standard InChI is InChI=1S/C25H31N3O2/c1-19-16-27-28(17-19)14-6-13-26-24(29)21-8-5-7-20(15-21)18-30-23-11-9-22(10-12-23)25(2,3)4/h5,7-12,15-17H,6,13-14,18H2,1-4H3,(H,26,29). The minimum atomic E-state index is -0.0666. The van der Waals surface area contributed by atoms with Crippen molar-refractivity contribution in [3.05, 3.63) is 83.2 Å². The summed E-state index contributed by atoms with van der Waals surface area (Å²) < 4.78 is 7.80. The molecule has 0 bridgehead atoms. The minimum Gasteiger partial charge on any atom is -0.489 e. The zero-order chi connectivity index (χ0) is 21.6. The van der Waals surface area contributed by atoms with Crippen LogP contribution in [0.25, 0.3) is 0 Å². The molecule has 0 aliphatic heterocycles. The lowest BCUT2D eigenvalue weighted by Gasteiger charge is -2.19. The van der Waals surface area contributed by atoms with Gasteiger partial charge in [-0.05, 0) is 59.7 Å². The van der Waals surface area contributed by atoms with Crippen LogP contribution in [0.15, 0.2) is 60.9 Å². The average molecular weight is 406 g/mol. The maximum Gasteiger partial charge on any atom is 0.251 e. The third-order valence-corrected chi connectivity index (χ3v) is 4.93. The summed E-state index contributed by atoms with van der Waals surface area (Å²) in [5.74, 6) is 0.759. The highest BCUT2D eigenvalue weighted by Gasteiger charge is 2.13. The van der Waals surface area contributed by atoms with Gasteiger partial charge in [0.1, 0.15) is 12.4 Å². The van der Waals surface area contributed by atoms with Crippen molar-refractivity contribution in [2.75, 3.05) is 6.54 Å². The Kier molecular flexibility index (Phi) is 6.93. The fourth-order valence-electron chi connectivity index (χ4n) is 3.15. The molecule has 0 aliphatic rings. The topological polar surface area (TPSA) is 56.2 Å². The fourth-order valence-corrected chi connectivity index (χ4v) is 3.15. The first-order valence-corrected chi connectivity index (χ1v) is 10.4. The van der Waals surface area contributed by atoms with E-state index < -0.39 is 0 Å². The molecule has 0 atom stereocenters. The minimum absolute atomic E-state index is 0.0666. The maximum atomic E-state index is 12.4. The van der Waals surface area contributed by atoms with Crippen LogP contribution in [0.3, 0.4) is 0 Å². The van der Waals surface area contributed by atoms with Crippen LogP contribution >= 0.6 is 0 Å². The number of ether oxygens (including phenoxy) is 1. The Hall–Kier alpha value is -3.08. The van der Waals surface area contributed by atoms with Crippen LogP contribution in [-0.4, -0.2) is 22.2 Å². The van der Waals surface area contributed by atoms with Crippen molar-refractivity contribution < 1.29 is 9.53 Å². The fraction of sp³-hybridized carbons (Fsp3) is 0.360. The van der Waals surface area contributed by atoms with Gasteiger partial charge in [-0.15, -0.1) is 0 Å². The summed E-state index contributed by atoms with van der Waals surface area (Å²) in [6, 6.07) is 15.8. The van der Waals surface area contributed by atoms with Gasteiger partial charge >= 0.3 is 0 Å². The number of hydrogen-bond donors (Lipinski definition) is 1. The number of aromatic nitrogens is 2. The van der Waals surface area contributed by atoms with Gasteiger partial charge in [-0.2, -0.15) is 5.10 Å². The van der Waals surface area contributed by atoms with Crippen LogP contribution in [0.4, 0.5) is 0 Å². The molecule has 0 saturated heterocycles. The molecule has 3 aromatic rings. The number of benzene rings is 2. The second-order valence-corrected chi connectivity index (χ2v) is 8.65. The molecular formula is C25H31N3O2. The number of aryl methyl sites for hydroxylation is 2. The van der Waals surface area contributed by atoms with Gasteiger partial charge in [-0.3, -0.25) is 9.48 Å². The Labute approximate surface area is 179 Å². The molecule has 30 heavy (non-hydrogen) atoms. The highest BCUT2D eigenvalue weighted by Crippen LogP contribution is 2.24. The predicted molar refractivity (Wildman–Crippen MR) is 120 cm³/mol. The van der Waals surface area contributed by atoms with Crippen LogP contribution in [0, 0.1) is 6.92 Å². The molecule has 5 nitrogen and oxygen atoms in total. The van der Waals surface area contributed by atoms with Crippen LogP contribution in [0.5, 0.6) is 5.75 Å². The molecule has 0 aliphatic carbocycles. The predicted octanol–water partition coefficient (Wildman–Crippen LogP) is 4.89. The molecule has 158 valence electrons. The first-order chi connectivity index (χ1) is 14.3. The van der Waals surface area contributed by atoms with Crippen molar-refractivity contribution in [1.29, 1.82) is 0 Å². The zero-order valence-corrected chi connectivity index (χ0v) is 18.3. The van der Waals surface area contributed by atoms with Crippen molar-refractivity contribution in [1.82, 2.24) is 15.1 Å². The molecule has 1 aromatic heterocycles. The smallest absolute Gasteiger partial charge is 0.251 e. The molecule has 1 amide bonds. The van der Waals surface area contributed by atoms with Crippen LogP contribution in [0.2, 0.25) is 0 Å². The number of rotatable bonds is 8. The van der Waals surface area contributed by atoms with E-state index in [0.29, 0.717) is 18.7 Å². The average Bonchev–Trinajstić information content (AvgIpc) is 3.14. The summed E-state index contributed by atoms with van der Waals surface area (Å²) in [4.78, 5) is 12.4. The monoisotopic (exact) mass is 405 g/mol. The lowest BCUT2D eigenvalue weighted by Crippen LogP contribution is -2.25. The lowest BCUT2D eigenvalue weighted by molar-refractivity contribution is 0.0952. The summed E-state index contributed by atoms with van der Waals surface area (Å²) in [5.41, 5.74) is 4.15. The Bertz CT molecular complexity index is 969. The van der Waals surface area contributed by atoms with E-state index in [1.807, 2.05) is 60.4 Å². The Morgan fingerprint density at radius 3 is 2.57 bits per heavy atom. The molecule has 2 aromatic carbocycles. The van der Waals surface area contributed by atoms with Gasteiger partial charge in [0.15, 0.2) is 0 Å². The van der Waals surface area contributed by atoms with Crippen molar-refractivity contribution in [3.63, 3.8) is 0 Å². The maximum absolute atomic E-state index is 12.4. The van der Waals surface area contributed by atoms with Crippen molar-refractivity contribution in [2.24, 2.45) is 0 Å². The highest BCUT2D eigenvalue weighted by atomic mass is 16.5. The molecule has 3 rings (SSSR count). The van der Waals surface area contributed by atoms with E-state index >= 15 is 0 Å². The third kappa shape index (κ3) is 6.21. The number of hydrogen-bond acceptors (Lipinski definition) is 3. The molecule has 5 heteroatoms. The van der Waals surface area contributed by atoms with E-state index in [9.17, 15) is 4.79 Å². The van der Waals surface area contributed by atoms with Crippen molar-refractivity contribution >= 4 is 5.91 Å². The van der Waals surface area contributed by atoms with Gasteiger partial charge in [0.25, 0.3) is 5.91 Å². The number of nitrogens with one attached hydrogen (secondary N) is 1. The largest absolute Gasteiger partial charge is 0.489 e. The lowest BCUT2D eigenvalue weighted by atomic mass is 9.87. The van der Waals surface area contributed by atoms with Crippen LogP contribution in [-0.2, 0) is 18.6 Å². The Morgan fingerprint density at radius 1 is 1.13 bits per heavy atom. The normalized spacial score (nSPS) is 11.3.